The zero-order valence-electron chi connectivity index (χ0n) is 8.40. The van der Waals surface area contributed by atoms with Crippen molar-refractivity contribution >= 4 is 23.2 Å². The predicted molar refractivity (Wildman–Crippen MR) is 59.2 cm³/mol. The number of para-hydroxylation sites is 1. The Labute approximate surface area is 93.3 Å². The number of aliphatic hydroxyl groups excluding tert-OH is 1. The van der Waals surface area contributed by atoms with Crippen LogP contribution < -0.4 is 4.90 Å². The molecule has 1 aliphatic heterocycles. The molecule has 1 N–H and O–H groups in total. The number of aryl methyl sites for hydroxylation is 1. The first-order valence-corrected chi connectivity index (χ1v) is 5.21. The Bertz CT molecular complexity index is 385. The summed E-state index contributed by atoms with van der Waals surface area (Å²) in [7, 11) is 0. The zero-order chi connectivity index (χ0) is 11.0. The van der Waals surface area contributed by atoms with Gasteiger partial charge in [0.15, 0.2) is 0 Å². The topological polar surface area (TPSA) is 40.5 Å². The molecule has 0 spiro atoms. The van der Waals surface area contributed by atoms with Gasteiger partial charge in [0.05, 0.1) is 29.8 Å². The minimum Gasteiger partial charge on any atom is -0.391 e. The Morgan fingerprint density at radius 3 is 2.80 bits per heavy atom. The lowest BCUT2D eigenvalue weighted by atomic mass is 10.2. The third-order valence-electron chi connectivity index (χ3n) is 2.56. The molecular weight excluding hydrogens is 214 g/mol. The first-order chi connectivity index (χ1) is 7.09. The number of carbonyl (C=O) groups is 1. The van der Waals surface area contributed by atoms with Crippen LogP contribution in [0, 0.1) is 6.92 Å². The third-order valence-corrected chi connectivity index (χ3v) is 2.87. The number of β-amino-alcohol motifs (C(OH)–C–C–N with tert-alkyl or cyclic N) is 1. The van der Waals surface area contributed by atoms with E-state index in [1.807, 2.05) is 19.1 Å². The fourth-order valence-electron chi connectivity index (χ4n) is 1.87. The lowest BCUT2D eigenvalue weighted by molar-refractivity contribution is -0.117. The van der Waals surface area contributed by atoms with Gasteiger partial charge < -0.3 is 10.0 Å². The maximum atomic E-state index is 11.6. The van der Waals surface area contributed by atoms with Gasteiger partial charge in [-0.1, -0.05) is 23.7 Å². The highest BCUT2D eigenvalue weighted by molar-refractivity contribution is 6.34. The van der Waals surface area contributed by atoms with Gasteiger partial charge in [0.2, 0.25) is 5.91 Å². The summed E-state index contributed by atoms with van der Waals surface area (Å²) in [5.74, 6) is -0.0706. The lowest BCUT2D eigenvalue weighted by Crippen LogP contribution is -2.26. The Morgan fingerprint density at radius 2 is 2.27 bits per heavy atom. The van der Waals surface area contributed by atoms with Crippen molar-refractivity contribution in [2.24, 2.45) is 0 Å². The molecule has 1 saturated heterocycles. The van der Waals surface area contributed by atoms with Gasteiger partial charge in [-0.05, 0) is 18.6 Å². The van der Waals surface area contributed by atoms with Gasteiger partial charge in [0.25, 0.3) is 0 Å². The number of halogens is 1. The summed E-state index contributed by atoms with van der Waals surface area (Å²) in [5.41, 5.74) is 1.67. The van der Waals surface area contributed by atoms with E-state index in [0.717, 1.165) is 11.3 Å². The molecule has 0 saturated carbocycles. The van der Waals surface area contributed by atoms with Crippen LogP contribution in [0.1, 0.15) is 12.0 Å². The second kappa shape index (κ2) is 3.83. The van der Waals surface area contributed by atoms with E-state index in [1.54, 1.807) is 11.0 Å². The zero-order valence-corrected chi connectivity index (χ0v) is 9.16. The molecule has 0 radical (unpaired) electrons. The average molecular weight is 226 g/mol. The summed E-state index contributed by atoms with van der Waals surface area (Å²) >= 11 is 6.05. The predicted octanol–water partition coefficient (Wildman–Crippen LogP) is 1.75. The number of benzene rings is 1. The van der Waals surface area contributed by atoms with E-state index in [-0.39, 0.29) is 12.3 Å². The van der Waals surface area contributed by atoms with Crippen molar-refractivity contribution in [3.05, 3.63) is 28.8 Å². The molecule has 80 valence electrons. The van der Waals surface area contributed by atoms with Crippen LogP contribution in [-0.4, -0.2) is 23.7 Å². The van der Waals surface area contributed by atoms with Gasteiger partial charge in [0, 0.05) is 0 Å². The largest absolute Gasteiger partial charge is 0.391 e. The number of anilines is 1. The fraction of sp³-hybridized carbons (Fsp3) is 0.364. The molecule has 1 aliphatic rings. The standard InChI is InChI=1S/C11H12ClNO2/c1-7-3-2-4-9(12)11(7)13-6-8(14)5-10(13)15/h2-4,8,14H,5-6H2,1H3. The van der Waals surface area contributed by atoms with Crippen LogP contribution in [0.15, 0.2) is 18.2 Å². The first-order valence-electron chi connectivity index (χ1n) is 4.83. The molecule has 1 heterocycles. The quantitative estimate of drug-likeness (QED) is 0.791. The van der Waals surface area contributed by atoms with Gasteiger partial charge in [0.1, 0.15) is 0 Å². The molecule has 1 fully saturated rings. The van der Waals surface area contributed by atoms with Crippen molar-refractivity contribution in [3.63, 3.8) is 0 Å². The fourth-order valence-corrected chi connectivity index (χ4v) is 2.19. The van der Waals surface area contributed by atoms with Gasteiger partial charge in [-0.3, -0.25) is 4.79 Å². The van der Waals surface area contributed by atoms with Crippen molar-refractivity contribution < 1.29 is 9.90 Å². The number of carbonyl (C=O) groups excluding carboxylic acids is 1. The first kappa shape index (κ1) is 10.5. The van der Waals surface area contributed by atoms with Crippen molar-refractivity contribution in [2.75, 3.05) is 11.4 Å². The maximum Gasteiger partial charge on any atom is 0.229 e. The third kappa shape index (κ3) is 1.85. The molecule has 4 heteroatoms. The van der Waals surface area contributed by atoms with Gasteiger partial charge in [-0.25, -0.2) is 0 Å². The van der Waals surface area contributed by atoms with E-state index < -0.39 is 6.10 Å². The number of hydrogen-bond donors (Lipinski definition) is 1. The highest BCUT2D eigenvalue weighted by Gasteiger charge is 2.30. The summed E-state index contributed by atoms with van der Waals surface area (Å²) < 4.78 is 0. The molecule has 1 aromatic rings. The number of amides is 1. The molecule has 15 heavy (non-hydrogen) atoms. The van der Waals surface area contributed by atoms with Crippen LogP contribution >= 0.6 is 11.6 Å². The average Bonchev–Trinajstić information content (AvgIpc) is 2.45. The number of hydrogen-bond acceptors (Lipinski definition) is 2. The second-order valence-corrected chi connectivity index (χ2v) is 4.17. The molecule has 1 aromatic carbocycles. The van der Waals surface area contributed by atoms with E-state index in [4.69, 9.17) is 11.6 Å². The highest BCUT2D eigenvalue weighted by Crippen LogP contribution is 2.32. The lowest BCUT2D eigenvalue weighted by Gasteiger charge is -2.19. The Morgan fingerprint density at radius 1 is 1.53 bits per heavy atom. The van der Waals surface area contributed by atoms with Crippen molar-refractivity contribution in [2.45, 2.75) is 19.4 Å². The number of aliphatic hydroxyl groups is 1. The van der Waals surface area contributed by atoms with Crippen LogP contribution in [0.5, 0.6) is 0 Å². The van der Waals surface area contributed by atoms with Gasteiger partial charge in [-0.2, -0.15) is 0 Å². The van der Waals surface area contributed by atoms with Crippen LogP contribution in [0.3, 0.4) is 0 Å². The molecule has 0 aliphatic carbocycles. The smallest absolute Gasteiger partial charge is 0.229 e. The number of rotatable bonds is 1. The van der Waals surface area contributed by atoms with Crippen LogP contribution in [0.2, 0.25) is 5.02 Å². The van der Waals surface area contributed by atoms with Gasteiger partial charge in [-0.15, -0.1) is 0 Å². The van der Waals surface area contributed by atoms with Crippen molar-refractivity contribution in [1.29, 1.82) is 0 Å². The summed E-state index contributed by atoms with van der Waals surface area (Å²) in [6, 6.07) is 5.50. The van der Waals surface area contributed by atoms with E-state index in [1.165, 1.54) is 0 Å². The molecule has 1 amide bonds. The molecule has 2 rings (SSSR count). The SMILES string of the molecule is Cc1cccc(Cl)c1N1CC(O)CC1=O. The van der Waals surface area contributed by atoms with E-state index in [0.29, 0.717) is 11.6 Å². The molecule has 3 nitrogen and oxygen atoms in total. The second-order valence-electron chi connectivity index (χ2n) is 3.77. The Hall–Kier alpha value is -1.06. The maximum absolute atomic E-state index is 11.6. The molecule has 1 atom stereocenters. The molecule has 0 bridgehead atoms. The summed E-state index contributed by atoms with van der Waals surface area (Å²) in [6.45, 7) is 2.24. The molecule has 0 aromatic heterocycles. The van der Waals surface area contributed by atoms with Gasteiger partial charge >= 0.3 is 0 Å². The van der Waals surface area contributed by atoms with E-state index >= 15 is 0 Å². The van der Waals surface area contributed by atoms with E-state index in [2.05, 4.69) is 0 Å². The minimum absolute atomic E-state index is 0.0706. The van der Waals surface area contributed by atoms with Crippen molar-refractivity contribution in [3.8, 4) is 0 Å². The summed E-state index contributed by atoms with van der Waals surface area (Å²) in [5, 5.41) is 9.96. The number of nitrogens with zero attached hydrogens (tertiary/aromatic N) is 1. The Kier molecular flexibility index (Phi) is 2.67. The van der Waals surface area contributed by atoms with Crippen LogP contribution in [0.25, 0.3) is 0 Å². The Balaban J connectivity index is 2.41. The van der Waals surface area contributed by atoms with Crippen LogP contribution in [-0.2, 0) is 4.79 Å². The summed E-state index contributed by atoms with van der Waals surface area (Å²) in [6.07, 6.45) is -0.391. The minimum atomic E-state index is -0.576. The van der Waals surface area contributed by atoms with E-state index in [9.17, 15) is 9.90 Å². The monoisotopic (exact) mass is 225 g/mol. The molecular formula is C11H12ClNO2. The van der Waals surface area contributed by atoms with Crippen molar-refractivity contribution in [1.82, 2.24) is 0 Å². The molecule has 1 unspecified atom stereocenters. The highest BCUT2D eigenvalue weighted by atomic mass is 35.5. The van der Waals surface area contributed by atoms with Crippen LogP contribution in [0.4, 0.5) is 5.69 Å². The normalized spacial score (nSPS) is 21.1. The summed E-state index contributed by atoms with van der Waals surface area (Å²) in [4.78, 5) is 13.2.